The Bertz CT molecular complexity index is 1340. The van der Waals surface area contributed by atoms with E-state index in [1.807, 2.05) is 61.5 Å². The van der Waals surface area contributed by atoms with Crippen LogP contribution in [0.5, 0.6) is 0 Å². The third kappa shape index (κ3) is 4.48. The number of fused-ring (bicyclic) bond motifs is 1. The van der Waals surface area contributed by atoms with Crippen molar-refractivity contribution in [2.45, 2.75) is 32.7 Å². The van der Waals surface area contributed by atoms with E-state index in [1.165, 1.54) is 5.56 Å². The number of rotatable bonds is 6. The van der Waals surface area contributed by atoms with Crippen molar-refractivity contribution in [2.75, 3.05) is 7.05 Å². The zero-order valence-corrected chi connectivity index (χ0v) is 20.5. The van der Waals surface area contributed by atoms with E-state index in [2.05, 4.69) is 22.9 Å². The summed E-state index contributed by atoms with van der Waals surface area (Å²) in [6, 6.07) is 22.2. The Hall–Kier alpha value is -3.25. The molecule has 1 atom stereocenters. The van der Waals surface area contributed by atoms with Gasteiger partial charge in [-0.25, -0.2) is 4.98 Å². The van der Waals surface area contributed by atoms with Crippen LogP contribution in [0.15, 0.2) is 82.1 Å². The molecule has 6 heteroatoms. The van der Waals surface area contributed by atoms with Gasteiger partial charge in [-0.05, 0) is 66.9 Å². The van der Waals surface area contributed by atoms with Crippen LogP contribution in [0.3, 0.4) is 0 Å². The zero-order chi connectivity index (χ0) is 23.5. The minimum Gasteiger partial charge on any atom is -0.332 e. The molecule has 5 nitrogen and oxygen atoms in total. The molecule has 4 aromatic rings. The molecule has 0 fully saturated rings. The lowest BCUT2D eigenvalue weighted by Crippen LogP contribution is -2.36. The van der Waals surface area contributed by atoms with Gasteiger partial charge in [0.25, 0.3) is 11.5 Å². The summed E-state index contributed by atoms with van der Waals surface area (Å²) in [6.07, 6.45) is 1.52. The fourth-order valence-electron chi connectivity index (χ4n) is 4.07. The molecule has 0 aliphatic rings. The van der Waals surface area contributed by atoms with E-state index < -0.39 is 0 Å². The molecule has 1 aromatic heterocycles. The summed E-state index contributed by atoms with van der Waals surface area (Å²) < 4.78 is 2.57. The molecule has 0 aliphatic heterocycles. The van der Waals surface area contributed by atoms with Crippen molar-refractivity contribution < 1.29 is 4.79 Å². The molecule has 1 heterocycles. The highest BCUT2D eigenvalue weighted by atomic mass is 79.9. The quantitative estimate of drug-likeness (QED) is 0.327. The Morgan fingerprint density at radius 1 is 1.00 bits per heavy atom. The fourth-order valence-corrected chi connectivity index (χ4v) is 4.34. The molecule has 0 saturated heterocycles. The molecule has 1 unspecified atom stereocenters. The van der Waals surface area contributed by atoms with Crippen molar-refractivity contribution >= 4 is 32.7 Å². The molecule has 0 aliphatic carbocycles. The van der Waals surface area contributed by atoms with E-state index >= 15 is 0 Å². The van der Waals surface area contributed by atoms with Crippen molar-refractivity contribution in [3.63, 3.8) is 0 Å². The van der Waals surface area contributed by atoms with Crippen LogP contribution in [-0.4, -0.2) is 27.4 Å². The molecule has 0 saturated carbocycles. The maximum atomic E-state index is 13.6. The highest BCUT2D eigenvalue weighted by Crippen LogP contribution is 2.26. The van der Waals surface area contributed by atoms with Gasteiger partial charge in [-0.3, -0.25) is 14.2 Å². The first kappa shape index (κ1) is 22.9. The van der Waals surface area contributed by atoms with Gasteiger partial charge in [0.1, 0.15) is 5.82 Å². The van der Waals surface area contributed by atoms with Gasteiger partial charge in [0.2, 0.25) is 0 Å². The molecule has 1 amide bonds. The topological polar surface area (TPSA) is 55.2 Å². The normalized spacial score (nSPS) is 12.0. The first-order valence-corrected chi connectivity index (χ1v) is 11.9. The standard InChI is InChI=1S/C27H26BrN3O2/c1-4-18-10-16-21(17-11-18)31-25(29-23-9-7-6-8-22(23)27(31)33)24(5-2)30(3)26(32)19-12-14-20(28)15-13-19/h6-17,24H,4-5H2,1-3H3. The Balaban J connectivity index is 1.88. The first-order valence-electron chi connectivity index (χ1n) is 11.1. The molecule has 3 aromatic carbocycles. The van der Waals surface area contributed by atoms with Gasteiger partial charge in [0, 0.05) is 17.1 Å². The largest absolute Gasteiger partial charge is 0.332 e. The minimum atomic E-state index is -0.385. The van der Waals surface area contributed by atoms with Crippen molar-refractivity contribution in [2.24, 2.45) is 0 Å². The number of halogens is 1. The van der Waals surface area contributed by atoms with Crippen LogP contribution in [0, 0.1) is 0 Å². The molecule has 33 heavy (non-hydrogen) atoms. The molecule has 0 radical (unpaired) electrons. The maximum absolute atomic E-state index is 13.6. The van der Waals surface area contributed by atoms with Crippen LogP contribution in [0.1, 0.15) is 48.1 Å². The summed E-state index contributed by atoms with van der Waals surface area (Å²) in [7, 11) is 1.77. The highest BCUT2D eigenvalue weighted by Gasteiger charge is 2.27. The van der Waals surface area contributed by atoms with E-state index in [1.54, 1.807) is 34.7 Å². The van der Waals surface area contributed by atoms with E-state index in [0.717, 1.165) is 16.6 Å². The lowest BCUT2D eigenvalue weighted by Gasteiger charge is -2.29. The molecule has 0 N–H and O–H groups in total. The second kappa shape index (κ2) is 9.71. The number of para-hydroxylation sites is 1. The number of aryl methyl sites for hydroxylation is 1. The number of nitrogens with zero attached hydrogens (tertiary/aromatic N) is 3. The Morgan fingerprint density at radius 3 is 2.30 bits per heavy atom. The summed E-state index contributed by atoms with van der Waals surface area (Å²) in [5.41, 5.74) is 3.01. The van der Waals surface area contributed by atoms with Crippen molar-refractivity contribution in [3.05, 3.63) is 105 Å². The molecule has 0 bridgehead atoms. The number of carbonyl (C=O) groups is 1. The molecular weight excluding hydrogens is 478 g/mol. The number of benzene rings is 3. The Labute approximate surface area is 201 Å². The first-order chi connectivity index (χ1) is 15.9. The smallest absolute Gasteiger partial charge is 0.266 e. The molecule has 168 valence electrons. The van der Waals surface area contributed by atoms with Gasteiger partial charge in [0.15, 0.2) is 0 Å². The monoisotopic (exact) mass is 503 g/mol. The molecular formula is C27H26BrN3O2. The van der Waals surface area contributed by atoms with E-state index in [4.69, 9.17) is 4.98 Å². The van der Waals surface area contributed by atoms with Gasteiger partial charge in [-0.15, -0.1) is 0 Å². The predicted octanol–water partition coefficient (Wildman–Crippen LogP) is 5.93. The summed E-state index contributed by atoms with van der Waals surface area (Å²) >= 11 is 3.41. The Morgan fingerprint density at radius 2 is 1.67 bits per heavy atom. The zero-order valence-electron chi connectivity index (χ0n) is 19.0. The van der Waals surface area contributed by atoms with Gasteiger partial charge >= 0.3 is 0 Å². The van der Waals surface area contributed by atoms with Crippen molar-refractivity contribution in [3.8, 4) is 5.69 Å². The number of aromatic nitrogens is 2. The lowest BCUT2D eigenvalue weighted by atomic mass is 10.1. The van der Waals surface area contributed by atoms with Gasteiger partial charge < -0.3 is 4.90 Å². The number of hydrogen-bond acceptors (Lipinski definition) is 3. The fraction of sp³-hybridized carbons (Fsp3) is 0.222. The van der Waals surface area contributed by atoms with Crippen LogP contribution in [-0.2, 0) is 6.42 Å². The van der Waals surface area contributed by atoms with Crippen molar-refractivity contribution in [1.29, 1.82) is 0 Å². The van der Waals surface area contributed by atoms with Gasteiger partial charge in [-0.1, -0.05) is 54.0 Å². The summed E-state index contributed by atoms with van der Waals surface area (Å²) in [5.74, 6) is 0.433. The number of hydrogen-bond donors (Lipinski definition) is 0. The van der Waals surface area contributed by atoms with Gasteiger partial charge in [0.05, 0.1) is 22.6 Å². The Kier molecular flexibility index (Phi) is 6.75. The molecule has 4 rings (SSSR count). The third-order valence-corrected chi connectivity index (χ3v) is 6.50. The maximum Gasteiger partial charge on any atom is 0.266 e. The molecule has 0 spiro atoms. The van der Waals surface area contributed by atoms with Crippen LogP contribution in [0.2, 0.25) is 0 Å². The SMILES string of the molecule is CCc1ccc(-n2c(C(CC)N(C)C(=O)c3ccc(Br)cc3)nc3ccccc3c2=O)cc1. The summed E-state index contributed by atoms with van der Waals surface area (Å²) in [6.45, 7) is 4.10. The van der Waals surface area contributed by atoms with Crippen LogP contribution in [0.25, 0.3) is 16.6 Å². The number of carbonyl (C=O) groups excluding carboxylic acids is 1. The van der Waals surface area contributed by atoms with E-state index in [-0.39, 0.29) is 17.5 Å². The second-order valence-corrected chi connectivity index (χ2v) is 8.91. The van der Waals surface area contributed by atoms with E-state index in [9.17, 15) is 9.59 Å². The summed E-state index contributed by atoms with van der Waals surface area (Å²) in [5, 5.41) is 0.553. The number of amides is 1. The van der Waals surface area contributed by atoms with Crippen LogP contribution >= 0.6 is 15.9 Å². The van der Waals surface area contributed by atoms with E-state index in [0.29, 0.717) is 28.7 Å². The average molecular weight is 504 g/mol. The average Bonchev–Trinajstić information content (AvgIpc) is 2.85. The highest BCUT2D eigenvalue weighted by molar-refractivity contribution is 9.10. The predicted molar refractivity (Wildman–Crippen MR) is 136 cm³/mol. The minimum absolute atomic E-state index is 0.121. The lowest BCUT2D eigenvalue weighted by molar-refractivity contribution is 0.0717. The summed E-state index contributed by atoms with van der Waals surface area (Å²) in [4.78, 5) is 33.5. The van der Waals surface area contributed by atoms with Crippen LogP contribution in [0.4, 0.5) is 0 Å². The van der Waals surface area contributed by atoms with Crippen LogP contribution < -0.4 is 5.56 Å². The third-order valence-electron chi connectivity index (χ3n) is 5.97. The van der Waals surface area contributed by atoms with Crippen molar-refractivity contribution in [1.82, 2.24) is 14.5 Å². The second-order valence-electron chi connectivity index (χ2n) is 7.99. The van der Waals surface area contributed by atoms with Gasteiger partial charge in [-0.2, -0.15) is 0 Å².